The van der Waals surface area contributed by atoms with Gasteiger partial charge in [0.15, 0.2) is 10.9 Å². The first-order chi connectivity index (χ1) is 15.7. The van der Waals surface area contributed by atoms with E-state index in [4.69, 9.17) is 4.74 Å². The summed E-state index contributed by atoms with van der Waals surface area (Å²) in [6, 6.07) is 13.0. The zero-order valence-corrected chi connectivity index (χ0v) is 19.4. The molecule has 1 N–H and O–H groups in total. The van der Waals surface area contributed by atoms with E-state index in [1.54, 1.807) is 31.2 Å². The maximum absolute atomic E-state index is 13.2. The summed E-state index contributed by atoms with van der Waals surface area (Å²) in [5, 5.41) is 11.4. The minimum absolute atomic E-state index is 0.0359. The molecule has 0 bridgehead atoms. The van der Waals surface area contributed by atoms with Gasteiger partial charge < -0.3 is 9.84 Å². The molecule has 4 rings (SSSR count). The average molecular weight is 463 g/mol. The van der Waals surface area contributed by atoms with Crippen molar-refractivity contribution in [1.82, 2.24) is 4.98 Å². The van der Waals surface area contributed by atoms with Crippen molar-refractivity contribution in [3.8, 4) is 5.75 Å². The molecule has 3 aromatic rings. The van der Waals surface area contributed by atoms with E-state index in [1.807, 2.05) is 31.2 Å². The van der Waals surface area contributed by atoms with E-state index in [0.717, 1.165) is 16.9 Å². The highest BCUT2D eigenvalue weighted by Crippen LogP contribution is 2.44. The van der Waals surface area contributed by atoms with E-state index >= 15 is 0 Å². The van der Waals surface area contributed by atoms with Crippen LogP contribution < -0.4 is 9.64 Å². The van der Waals surface area contributed by atoms with Crippen molar-refractivity contribution in [1.29, 1.82) is 0 Å². The first kappa shape index (κ1) is 22.4. The van der Waals surface area contributed by atoms with Gasteiger partial charge in [0.2, 0.25) is 0 Å². The minimum atomic E-state index is -0.891. The number of aryl methyl sites for hydroxylation is 2. The Morgan fingerprint density at radius 3 is 2.24 bits per heavy atom. The molecular formula is C25H22N2O5S. The zero-order chi connectivity index (χ0) is 23.9. The van der Waals surface area contributed by atoms with Crippen molar-refractivity contribution in [3.05, 3.63) is 81.4 Å². The number of anilines is 1. The second-order valence-electron chi connectivity index (χ2n) is 7.78. The van der Waals surface area contributed by atoms with Crippen molar-refractivity contribution >= 4 is 39.7 Å². The van der Waals surface area contributed by atoms with Gasteiger partial charge in [-0.05, 0) is 43.7 Å². The average Bonchev–Trinajstić information content (AvgIpc) is 3.31. The Labute approximate surface area is 195 Å². The molecule has 1 fully saturated rings. The van der Waals surface area contributed by atoms with Crippen LogP contribution in [0.5, 0.6) is 5.75 Å². The van der Waals surface area contributed by atoms with E-state index in [-0.39, 0.29) is 22.2 Å². The number of carbonyl (C=O) groups excluding carboxylic acids is 3. The normalized spacial score (nSPS) is 17.5. The molecule has 8 heteroatoms. The second-order valence-corrected chi connectivity index (χ2v) is 8.75. The van der Waals surface area contributed by atoms with E-state index < -0.39 is 17.7 Å². The molecule has 2 heterocycles. The van der Waals surface area contributed by atoms with Gasteiger partial charge in [0.1, 0.15) is 11.5 Å². The number of Topliss-reactive ketones (excluding diaryl/α,β-unsaturated/α-hetero) is 2. The van der Waals surface area contributed by atoms with Gasteiger partial charge in [0.25, 0.3) is 5.78 Å². The topological polar surface area (TPSA) is 96.8 Å². The van der Waals surface area contributed by atoms with Crippen LogP contribution in [-0.2, 0) is 9.59 Å². The summed E-state index contributed by atoms with van der Waals surface area (Å²) in [5.74, 6) is -1.48. The fourth-order valence-corrected chi connectivity index (χ4v) is 4.80. The highest BCUT2D eigenvalue weighted by Gasteiger charge is 2.48. The largest absolute Gasteiger partial charge is 0.507 e. The highest BCUT2D eigenvalue weighted by atomic mass is 32.1. The number of hydrogen-bond donors (Lipinski definition) is 1. The SMILES string of the molecule is COc1ccc(C(O)=C2C(=O)C(=O)N(c3nc(C)c(C(C)=O)s3)[C@H]2c2ccc(C)cc2)cc1. The van der Waals surface area contributed by atoms with Crippen LogP contribution in [-0.4, -0.2) is 34.7 Å². The third-order valence-electron chi connectivity index (χ3n) is 5.51. The predicted octanol–water partition coefficient (Wildman–Crippen LogP) is 4.60. The molecule has 0 aliphatic carbocycles. The standard InChI is InChI=1S/C25H22N2O5S/c1-13-5-7-16(8-6-13)20-19(21(29)17-9-11-18(32-4)12-10-17)22(30)24(31)27(20)25-26-14(2)23(33-25)15(3)28/h5-12,20,29H,1-4H3/t20-/m0/s1. The van der Waals surface area contributed by atoms with Crippen LogP contribution in [0.15, 0.2) is 54.1 Å². The number of methoxy groups -OCH3 is 1. The third-order valence-corrected chi connectivity index (χ3v) is 6.77. The summed E-state index contributed by atoms with van der Waals surface area (Å²) < 4.78 is 5.16. The Balaban J connectivity index is 1.92. The number of aromatic nitrogens is 1. The van der Waals surface area contributed by atoms with Crippen molar-refractivity contribution < 1.29 is 24.2 Å². The van der Waals surface area contributed by atoms with Crippen molar-refractivity contribution in [2.75, 3.05) is 12.0 Å². The molecule has 2 aromatic carbocycles. The number of carbonyl (C=O) groups is 3. The summed E-state index contributed by atoms with van der Waals surface area (Å²) >= 11 is 1.06. The summed E-state index contributed by atoms with van der Waals surface area (Å²) in [6.45, 7) is 5.05. The smallest absolute Gasteiger partial charge is 0.301 e. The number of rotatable bonds is 5. The quantitative estimate of drug-likeness (QED) is 0.258. The maximum atomic E-state index is 13.2. The van der Waals surface area contributed by atoms with Crippen LogP contribution in [0.1, 0.15) is 45.0 Å². The number of benzene rings is 2. The first-order valence-electron chi connectivity index (χ1n) is 10.2. The lowest BCUT2D eigenvalue weighted by Gasteiger charge is -2.23. The van der Waals surface area contributed by atoms with Gasteiger partial charge in [-0.2, -0.15) is 0 Å². The number of aliphatic hydroxyl groups excluding tert-OH is 1. The summed E-state index contributed by atoms with van der Waals surface area (Å²) in [5.41, 5.74) is 2.49. The van der Waals surface area contributed by atoms with Crippen LogP contribution in [0.2, 0.25) is 0 Å². The Bertz CT molecular complexity index is 1290. The molecule has 0 unspecified atom stereocenters. The summed E-state index contributed by atoms with van der Waals surface area (Å²) in [4.78, 5) is 44.4. The summed E-state index contributed by atoms with van der Waals surface area (Å²) in [6.07, 6.45) is 0. The van der Waals surface area contributed by atoms with Gasteiger partial charge in [-0.3, -0.25) is 19.3 Å². The Morgan fingerprint density at radius 1 is 1.06 bits per heavy atom. The van der Waals surface area contributed by atoms with Crippen molar-refractivity contribution in [2.45, 2.75) is 26.8 Å². The number of ether oxygens (including phenoxy) is 1. The first-order valence-corrected chi connectivity index (χ1v) is 11.0. The molecule has 1 aliphatic rings. The molecule has 168 valence electrons. The lowest BCUT2D eigenvalue weighted by atomic mass is 9.95. The molecule has 0 spiro atoms. The molecule has 1 saturated heterocycles. The Kier molecular flexibility index (Phi) is 5.86. The Morgan fingerprint density at radius 2 is 1.70 bits per heavy atom. The van der Waals surface area contributed by atoms with Crippen LogP contribution in [0, 0.1) is 13.8 Å². The molecule has 1 aliphatic heterocycles. The number of hydrogen-bond acceptors (Lipinski definition) is 7. The van der Waals surface area contributed by atoms with Gasteiger partial charge in [0, 0.05) is 12.5 Å². The van der Waals surface area contributed by atoms with Gasteiger partial charge in [-0.25, -0.2) is 4.98 Å². The number of nitrogens with zero attached hydrogens (tertiary/aromatic N) is 2. The number of aliphatic hydroxyl groups is 1. The van der Waals surface area contributed by atoms with Crippen LogP contribution in [0.25, 0.3) is 5.76 Å². The number of thiazole rings is 1. The molecule has 1 atom stereocenters. The molecule has 1 amide bonds. The van der Waals surface area contributed by atoms with Gasteiger partial charge in [0.05, 0.1) is 29.3 Å². The van der Waals surface area contributed by atoms with Gasteiger partial charge in [-0.15, -0.1) is 0 Å². The molecule has 0 saturated carbocycles. The van der Waals surface area contributed by atoms with Gasteiger partial charge >= 0.3 is 5.91 Å². The number of ketones is 2. The molecule has 1 aromatic heterocycles. The Hall–Kier alpha value is -3.78. The van der Waals surface area contributed by atoms with E-state index in [1.165, 1.54) is 18.9 Å². The maximum Gasteiger partial charge on any atom is 0.301 e. The molecule has 33 heavy (non-hydrogen) atoms. The lowest BCUT2D eigenvalue weighted by Crippen LogP contribution is -2.29. The second kappa shape index (κ2) is 8.63. The number of amides is 1. The van der Waals surface area contributed by atoms with Crippen LogP contribution in [0.3, 0.4) is 0 Å². The predicted molar refractivity (Wildman–Crippen MR) is 126 cm³/mol. The monoisotopic (exact) mass is 462 g/mol. The molecule has 0 radical (unpaired) electrons. The van der Waals surface area contributed by atoms with E-state index in [9.17, 15) is 19.5 Å². The van der Waals surface area contributed by atoms with Crippen molar-refractivity contribution in [2.24, 2.45) is 0 Å². The highest BCUT2D eigenvalue weighted by molar-refractivity contribution is 7.18. The fourth-order valence-electron chi connectivity index (χ4n) is 3.81. The van der Waals surface area contributed by atoms with Crippen molar-refractivity contribution in [3.63, 3.8) is 0 Å². The zero-order valence-electron chi connectivity index (χ0n) is 18.6. The third kappa shape index (κ3) is 3.93. The molecule has 7 nitrogen and oxygen atoms in total. The van der Waals surface area contributed by atoms with E-state index in [2.05, 4.69) is 4.98 Å². The minimum Gasteiger partial charge on any atom is -0.507 e. The fraction of sp³-hybridized carbons (Fsp3) is 0.200. The summed E-state index contributed by atoms with van der Waals surface area (Å²) in [7, 11) is 1.53. The van der Waals surface area contributed by atoms with Crippen LogP contribution >= 0.6 is 11.3 Å². The lowest BCUT2D eigenvalue weighted by molar-refractivity contribution is -0.132. The van der Waals surface area contributed by atoms with E-state index in [0.29, 0.717) is 27.4 Å². The van der Waals surface area contributed by atoms with Crippen LogP contribution in [0.4, 0.5) is 5.13 Å². The molecular weight excluding hydrogens is 440 g/mol. The van der Waals surface area contributed by atoms with Gasteiger partial charge in [-0.1, -0.05) is 41.2 Å².